The minimum Gasteiger partial charge on any atom is -0.294 e. The second kappa shape index (κ2) is 11.0. The maximum Gasteiger partial charge on any atom is 0.166 e. The lowest BCUT2D eigenvalue weighted by Crippen LogP contribution is -2.19. The number of fused-ring (bicyclic) bond motifs is 2. The van der Waals surface area contributed by atoms with Crippen molar-refractivity contribution in [2.75, 3.05) is 0 Å². The Hall–Kier alpha value is -2.74. The van der Waals surface area contributed by atoms with Crippen LogP contribution in [0.2, 0.25) is 0 Å². The normalized spacial score (nSPS) is 23.6. The predicted molar refractivity (Wildman–Crippen MR) is 159 cm³/mol. The lowest BCUT2D eigenvalue weighted by atomic mass is 9.80. The van der Waals surface area contributed by atoms with Gasteiger partial charge in [0.05, 0.1) is 0 Å². The fourth-order valence-electron chi connectivity index (χ4n) is 8.07. The van der Waals surface area contributed by atoms with Gasteiger partial charge in [0.15, 0.2) is 11.6 Å². The van der Waals surface area contributed by atoms with E-state index in [-0.39, 0.29) is 11.8 Å². The Morgan fingerprint density at radius 1 is 0.872 bits per heavy atom. The largest absolute Gasteiger partial charge is 0.294 e. The Morgan fingerprint density at radius 2 is 1.64 bits per heavy atom. The second-order valence-electron chi connectivity index (χ2n) is 13.3. The van der Waals surface area contributed by atoms with Gasteiger partial charge in [-0.2, -0.15) is 0 Å². The highest BCUT2D eigenvalue weighted by atomic mass is 16.1. The molecule has 1 fully saturated rings. The molecule has 39 heavy (non-hydrogen) atoms. The first kappa shape index (κ1) is 26.5. The third kappa shape index (κ3) is 5.49. The lowest BCUT2D eigenvalue weighted by Gasteiger charge is -2.23. The Bertz CT molecular complexity index is 1350. The van der Waals surface area contributed by atoms with Crippen LogP contribution >= 0.6 is 0 Å². The lowest BCUT2D eigenvalue weighted by molar-refractivity contribution is -0.115. The third-order valence-corrected chi connectivity index (χ3v) is 10.2. The highest BCUT2D eigenvalue weighted by Gasteiger charge is 2.36. The van der Waals surface area contributed by atoms with E-state index in [0.29, 0.717) is 23.9 Å². The number of allylic oxidation sites excluding steroid dienone is 4. The molecule has 204 valence electrons. The quantitative estimate of drug-likeness (QED) is 0.350. The van der Waals surface area contributed by atoms with Crippen LogP contribution in [0.3, 0.4) is 0 Å². The van der Waals surface area contributed by atoms with E-state index >= 15 is 0 Å². The van der Waals surface area contributed by atoms with Gasteiger partial charge in [-0.3, -0.25) is 9.59 Å². The SMILES string of the molecule is Cc1ccc(C)c(CC(C)CC2=C(C3Cc4cc5c(cc4C3)C(=O)C(CCC3CCCC3)C5)C(=O)CC=C2)c1. The molecule has 2 aromatic rings. The van der Waals surface area contributed by atoms with Crippen molar-refractivity contribution in [2.45, 2.75) is 97.8 Å². The Morgan fingerprint density at radius 3 is 2.44 bits per heavy atom. The van der Waals surface area contributed by atoms with Crippen LogP contribution < -0.4 is 0 Å². The molecule has 4 aliphatic carbocycles. The average molecular weight is 521 g/mol. The summed E-state index contributed by atoms with van der Waals surface area (Å²) in [5.74, 6) is 2.44. The van der Waals surface area contributed by atoms with E-state index in [2.05, 4.69) is 63.3 Å². The van der Waals surface area contributed by atoms with Crippen LogP contribution in [0.5, 0.6) is 0 Å². The third-order valence-electron chi connectivity index (χ3n) is 10.2. The first-order chi connectivity index (χ1) is 18.9. The van der Waals surface area contributed by atoms with Crippen molar-refractivity contribution in [2.24, 2.45) is 23.7 Å². The maximum atomic E-state index is 13.3. The molecule has 0 aromatic heterocycles. The number of Topliss-reactive ketones (excluding diaryl/α,β-unsaturated/α-hetero) is 2. The molecule has 6 rings (SSSR count). The molecule has 0 saturated heterocycles. The van der Waals surface area contributed by atoms with E-state index in [1.807, 2.05) is 0 Å². The van der Waals surface area contributed by atoms with Crippen LogP contribution in [-0.2, 0) is 30.5 Å². The van der Waals surface area contributed by atoms with E-state index in [1.54, 1.807) is 0 Å². The van der Waals surface area contributed by atoms with Crippen molar-refractivity contribution in [3.63, 3.8) is 0 Å². The first-order valence-corrected chi connectivity index (χ1v) is 15.5. The number of carbonyl (C=O) groups is 2. The Balaban J connectivity index is 1.16. The van der Waals surface area contributed by atoms with E-state index in [1.165, 1.54) is 71.1 Å². The maximum absolute atomic E-state index is 13.3. The number of rotatable bonds is 8. The fourth-order valence-corrected chi connectivity index (χ4v) is 8.07. The van der Waals surface area contributed by atoms with Crippen molar-refractivity contribution in [3.05, 3.63) is 92.6 Å². The summed E-state index contributed by atoms with van der Waals surface area (Å²) in [6.45, 7) is 6.68. The summed E-state index contributed by atoms with van der Waals surface area (Å²) >= 11 is 0. The van der Waals surface area contributed by atoms with Gasteiger partial charge in [0.2, 0.25) is 0 Å². The van der Waals surface area contributed by atoms with E-state index in [9.17, 15) is 9.59 Å². The van der Waals surface area contributed by atoms with Crippen LogP contribution in [0.1, 0.15) is 102 Å². The average Bonchev–Trinajstić information content (AvgIpc) is 3.63. The molecule has 4 aliphatic rings. The number of carbonyl (C=O) groups excluding carboxylic acids is 2. The molecule has 0 N–H and O–H groups in total. The summed E-state index contributed by atoms with van der Waals surface area (Å²) in [6, 6.07) is 11.3. The molecule has 3 atom stereocenters. The number of ketones is 2. The summed E-state index contributed by atoms with van der Waals surface area (Å²) in [7, 11) is 0. The van der Waals surface area contributed by atoms with Crippen LogP contribution in [0.25, 0.3) is 0 Å². The van der Waals surface area contributed by atoms with Gasteiger partial charge in [0.1, 0.15) is 0 Å². The molecule has 0 amide bonds. The molecule has 0 aliphatic heterocycles. The number of hydrogen-bond acceptors (Lipinski definition) is 2. The molecule has 0 bridgehead atoms. The van der Waals surface area contributed by atoms with Crippen molar-refractivity contribution < 1.29 is 9.59 Å². The molecular formula is C37H44O2. The zero-order chi connectivity index (χ0) is 27.1. The van der Waals surface area contributed by atoms with Crippen molar-refractivity contribution in [1.29, 1.82) is 0 Å². The Kier molecular flexibility index (Phi) is 7.49. The summed E-state index contributed by atoms with van der Waals surface area (Å²) in [5, 5.41) is 0. The molecule has 2 aromatic carbocycles. The highest BCUT2D eigenvalue weighted by molar-refractivity contribution is 6.03. The zero-order valence-corrected chi connectivity index (χ0v) is 24.2. The fraction of sp³-hybridized carbons (Fsp3) is 0.514. The smallest absolute Gasteiger partial charge is 0.166 e. The van der Waals surface area contributed by atoms with Gasteiger partial charge in [0.25, 0.3) is 0 Å². The minimum absolute atomic E-state index is 0.192. The van der Waals surface area contributed by atoms with Gasteiger partial charge in [0, 0.05) is 23.5 Å². The second-order valence-corrected chi connectivity index (χ2v) is 13.3. The predicted octanol–water partition coefficient (Wildman–Crippen LogP) is 8.44. The van der Waals surface area contributed by atoms with Gasteiger partial charge < -0.3 is 0 Å². The topological polar surface area (TPSA) is 34.1 Å². The molecule has 0 spiro atoms. The zero-order valence-electron chi connectivity index (χ0n) is 24.2. The van der Waals surface area contributed by atoms with Crippen LogP contribution in [-0.4, -0.2) is 11.6 Å². The molecule has 2 nitrogen and oxygen atoms in total. The monoisotopic (exact) mass is 520 g/mol. The molecule has 1 saturated carbocycles. The first-order valence-electron chi connectivity index (χ1n) is 15.5. The van der Waals surface area contributed by atoms with Crippen LogP contribution in [0, 0.1) is 37.5 Å². The molecular weight excluding hydrogens is 476 g/mol. The van der Waals surface area contributed by atoms with Crippen LogP contribution in [0.15, 0.2) is 53.6 Å². The summed E-state index contributed by atoms with van der Waals surface area (Å²) in [6.07, 6.45) is 17.3. The van der Waals surface area contributed by atoms with Crippen LogP contribution in [0.4, 0.5) is 0 Å². The van der Waals surface area contributed by atoms with Gasteiger partial charge in [-0.1, -0.05) is 74.6 Å². The van der Waals surface area contributed by atoms with Gasteiger partial charge >= 0.3 is 0 Å². The molecule has 2 heteroatoms. The van der Waals surface area contributed by atoms with E-state index in [4.69, 9.17) is 0 Å². The molecule has 0 heterocycles. The molecule has 0 radical (unpaired) electrons. The van der Waals surface area contributed by atoms with Crippen molar-refractivity contribution >= 4 is 11.6 Å². The number of benzene rings is 2. The summed E-state index contributed by atoms with van der Waals surface area (Å²) in [4.78, 5) is 26.6. The van der Waals surface area contributed by atoms with Crippen molar-refractivity contribution in [3.8, 4) is 0 Å². The Labute approximate surface area is 235 Å². The van der Waals surface area contributed by atoms with Gasteiger partial charge in [-0.25, -0.2) is 0 Å². The highest BCUT2D eigenvalue weighted by Crippen LogP contribution is 2.41. The van der Waals surface area contributed by atoms with E-state index < -0.39 is 0 Å². The van der Waals surface area contributed by atoms with Gasteiger partial charge in [-0.05, 0) is 116 Å². The number of aryl methyl sites for hydroxylation is 2. The van der Waals surface area contributed by atoms with Crippen molar-refractivity contribution in [1.82, 2.24) is 0 Å². The summed E-state index contributed by atoms with van der Waals surface area (Å²) in [5.41, 5.74) is 11.3. The minimum atomic E-state index is 0.192. The summed E-state index contributed by atoms with van der Waals surface area (Å²) < 4.78 is 0. The van der Waals surface area contributed by atoms with E-state index in [0.717, 1.165) is 55.6 Å². The molecule has 3 unspecified atom stereocenters. The van der Waals surface area contributed by atoms with Gasteiger partial charge in [-0.15, -0.1) is 0 Å². The standard InChI is InChI=1S/C37H44O2/c1-23-11-12-25(3)29(15-23)17-24(2)16-27-9-6-10-35(38)36(27)33-20-30-19-32-18-28(14-13-26-7-4-5-8-26)37(39)34(32)22-31(30)21-33/h6,9,11-12,15,19,22,24,26,28,33H,4-5,7-8,10,13-14,16-18,20-21H2,1-3H3. The number of hydrogen-bond donors (Lipinski definition) is 0.